The van der Waals surface area contributed by atoms with Gasteiger partial charge in [-0.15, -0.1) is 11.3 Å². The fourth-order valence-electron chi connectivity index (χ4n) is 2.96. The molecule has 3 rings (SSSR count). The van der Waals surface area contributed by atoms with Crippen LogP contribution < -0.4 is 0 Å². The Hall–Kier alpha value is -1.89. The molecule has 1 aromatic heterocycles. The molecule has 1 atom stereocenters. The molecule has 1 aliphatic heterocycles. The van der Waals surface area contributed by atoms with Crippen LogP contribution in [0.5, 0.6) is 0 Å². The number of hydrogen-bond acceptors (Lipinski definition) is 2. The number of fused-ring (bicyclic) bond motifs is 1. The van der Waals surface area contributed by atoms with Gasteiger partial charge in [0.1, 0.15) is 0 Å². The molecule has 0 fully saturated rings. The zero-order valence-electron chi connectivity index (χ0n) is 12.2. The van der Waals surface area contributed by atoms with E-state index in [0.29, 0.717) is 25.5 Å². The van der Waals surface area contributed by atoms with Crippen molar-refractivity contribution in [3.8, 4) is 0 Å². The van der Waals surface area contributed by atoms with E-state index in [2.05, 4.69) is 0 Å². The third-order valence-corrected chi connectivity index (χ3v) is 5.07. The van der Waals surface area contributed by atoms with E-state index < -0.39 is 34.7 Å². The third kappa shape index (κ3) is 2.52. The topological polar surface area (TPSA) is 20.3 Å². The summed E-state index contributed by atoms with van der Waals surface area (Å²) in [7, 11) is 0. The molecule has 0 radical (unpaired) electrons. The Morgan fingerprint density at radius 2 is 2.00 bits per heavy atom. The summed E-state index contributed by atoms with van der Waals surface area (Å²) in [5, 5.41) is 1.92. The predicted molar refractivity (Wildman–Crippen MR) is 78.4 cm³/mol. The SMILES string of the molecule is CCC1c2ccsc2CCN1C(=O)c1cc(F)c(F)c(F)c1F. The maximum Gasteiger partial charge on any atom is 0.257 e. The number of halogens is 4. The van der Waals surface area contributed by atoms with Gasteiger partial charge in [0, 0.05) is 11.4 Å². The van der Waals surface area contributed by atoms with Crippen molar-refractivity contribution in [3.63, 3.8) is 0 Å². The summed E-state index contributed by atoms with van der Waals surface area (Å²) in [5.74, 6) is -7.93. The Kier molecular flexibility index (Phi) is 4.14. The van der Waals surface area contributed by atoms with Gasteiger partial charge in [0.05, 0.1) is 11.6 Å². The van der Waals surface area contributed by atoms with Gasteiger partial charge in [-0.1, -0.05) is 6.92 Å². The van der Waals surface area contributed by atoms with E-state index in [0.717, 1.165) is 10.4 Å². The molecule has 0 spiro atoms. The van der Waals surface area contributed by atoms with Gasteiger partial charge in [-0.25, -0.2) is 17.6 Å². The second kappa shape index (κ2) is 5.96. The predicted octanol–water partition coefficient (Wildman–Crippen LogP) is 4.45. The van der Waals surface area contributed by atoms with Gasteiger partial charge >= 0.3 is 0 Å². The zero-order chi connectivity index (χ0) is 16.7. The summed E-state index contributed by atoms with van der Waals surface area (Å²) in [4.78, 5) is 15.1. The molecule has 122 valence electrons. The molecule has 2 heterocycles. The second-order valence-corrected chi connectivity index (χ2v) is 6.32. The number of amides is 1. The summed E-state index contributed by atoms with van der Waals surface area (Å²) >= 11 is 1.58. The van der Waals surface area contributed by atoms with Crippen LogP contribution in [0.1, 0.15) is 40.2 Å². The van der Waals surface area contributed by atoms with Crippen LogP contribution in [0, 0.1) is 23.3 Å². The smallest absolute Gasteiger partial charge is 0.257 e. The van der Waals surface area contributed by atoms with Crippen LogP contribution >= 0.6 is 11.3 Å². The van der Waals surface area contributed by atoms with Crippen molar-refractivity contribution in [2.75, 3.05) is 6.54 Å². The van der Waals surface area contributed by atoms with Gasteiger partial charge in [0.15, 0.2) is 23.3 Å². The summed E-state index contributed by atoms with van der Waals surface area (Å²) in [6.07, 6.45) is 1.19. The van der Waals surface area contributed by atoms with Crippen molar-refractivity contribution in [2.45, 2.75) is 25.8 Å². The van der Waals surface area contributed by atoms with Crippen LogP contribution in [-0.4, -0.2) is 17.4 Å². The molecule has 7 heteroatoms. The minimum atomic E-state index is -1.96. The number of carbonyl (C=O) groups excluding carboxylic acids is 1. The molecular formula is C16H13F4NOS. The number of nitrogens with zero attached hydrogens (tertiary/aromatic N) is 1. The Morgan fingerprint density at radius 3 is 2.70 bits per heavy atom. The minimum absolute atomic E-state index is 0.284. The molecule has 0 bridgehead atoms. The fourth-order valence-corrected chi connectivity index (χ4v) is 3.89. The van der Waals surface area contributed by atoms with Gasteiger partial charge in [-0.3, -0.25) is 4.79 Å². The average Bonchev–Trinajstić information content (AvgIpc) is 3.03. The number of rotatable bonds is 2. The van der Waals surface area contributed by atoms with E-state index in [1.54, 1.807) is 11.3 Å². The lowest BCUT2D eigenvalue weighted by Gasteiger charge is -2.35. The first-order chi connectivity index (χ1) is 11.0. The van der Waals surface area contributed by atoms with Crippen molar-refractivity contribution in [1.29, 1.82) is 0 Å². The number of carbonyl (C=O) groups is 1. The largest absolute Gasteiger partial charge is 0.331 e. The molecule has 0 saturated carbocycles. The summed E-state index contributed by atoms with van der Waals surface area (Å²) in [6, 6.07) is 2.04. The highest BCUT2D eigenvalue weighted by molar-refractivity contribution is 7.10. The molecule has 2 aromatic rings. The molecule has 0 aliphatic carbocycles. The van der Waals surface area contributed by atoms with E-state index in [1.165, 1.54) is 4.90 Å². The van der Waals surface area contributed by atoms with Crippen molar-refractivity contribution < 1.29 is 22.4 Å². The van der Waals surface area contributed by atoms with Gasteiger partial charge in [-0.2, -0.15) is 0 Å². The Morgan fingerprint density at radius 1 is 1.26 bits per heavy atom. The monoisotopic (exact) mass is 343 g/mol. The van der Waals surface area contributed by atoms with E-state index in [9.17, 15) is 22.4 Å². The van der Waals surface area contributed by atoms with Gasteiger partial charge in [0.25, 0.3) is 5.91 Å². The summed E-state index contributed by atoms with van der Waals surface area (Å²) < 4.78 is 53.7. The van der Waals surface area contributed by atoms with Gasteiger partial charge in [-0.05, 0) is 35.9 Å². The zero-order valence-corrected chi connectivity index (χ0v) is 13.0. The summed E-state index contributed by atoms with van der Waals surface area (Å²) in [6.45, 7) is 2.20. The molecule has 23 heavy (non-hydrogen) atoms. The summed E-state index contributed by atoms with van der Waals surface area (Å²) in [5.41, 5.74) is 0.194. The quantitative estimate of drug-likeness (QED) is 0.448. The van der Waals surface area contributed by atoms with E-state index in [1.807, 2.05) is 18.4 Å². The highest BCUT2D eigenvalue weighted by Gasteiger charge is 2.33. The molecule has 0 N–H and O–H groups in total. The first-order valence-electron chi connectivity index (χ1n) is 7.15. The maximum atomic E-state index is 13.9. The molecule has 1 aromatic carbocycles. The second-order valence-electron chi connectivity index (χ2n) is 5.32. The number of thiophene rings is 1. The van der Waals surface area contributed by atoms with Crippen molar-refractivity contribution >= 4 is 17.2 Å². The van der Waals surface area contributed by atoms with Crippen molar-refractivity contribution in [3.05, 3.63) is 56.8 Å². The molecule has 2 nitrogen and oxygen atoms in total. The first-order valence-corrected chi connectivity index (χ1v) is 8.03. The van der Waals surface area contributed by atoms with Crippen LogP contribution in [0.4, 0.5) is 17.6 Å². The Balaban J connectivity index is 2.01. The van der Waals surface area contributed by atoms with E-state index in [4.69, 9.17) is 0 Å². The Bertz CT molecular complexity index is 774. The lowest BCUT2D eigenvalue weighted by atomic mass is 9.96. The maximum absolute atomic E-state index is 13.9. The molecule has 1 unspecified atom stereocenters. The van der Waals surface area contributed by atoms with Crippen LogP contribution in [0.25, 0.3) is 0 Å². The molecule has 1 aliphatic rings. The minimum Gasteiger partial charge on any atom is -0.331 e. The highest BCUT2D eigenvalue weighted by Crippen LogP contribution is 2.36. The molecule has 0 saturated heterocycles. The molecule has 1 amide bonds. The fraction of sp³-hybridized carbons (Fsp3) is 0.312. The third-order valence-electron chi connectivity index (χ3n) is 4.08. The normalized spacial score (nSPS) is 17.3. The van der Waals surface area contributed by atoms with Crippen LogP contribution in [0.15, 0.2) is 17.5 Å². The van der Waals surface area contributed by atoms with Gasteiger partial charge in [0.2, 0.25) is 0 Å². The molecular weight excluding hydrogens is 330 g/mol. The lowest BCUT2D eigenvalue weighted by Crippen LogP contribution is -2.39. The van der Waals surface area contributed by atoms with E-state index >= 15 is 0 Å². The van der Waals surface area contributed by atoms with E-state index in [-0.39, 0.29) is 6.04 Å². The average molecular weight is 343 g/mol. The first kappa shape index (κ1) is 16.0. The number of hydrogen-bond donors (Lipinski definition) is 0. The highest BCUT2D eigenvalue weighted by atomic mass is 32.1. The lowest BCUT2D eigenvalue weighted by molar-refractivity contribution is 0.0650. The van der Waals surface area contributed by atoms with Crippen molar-refractivity contribution in [2.24, 2.45) is 0 Å². The van der Waals surface area contributed by atoms with Crippen LogP contribution in [-0.2, 0) is 6.42 Å². The Labute approximate surface area is 134 Å². The van der Waals surface area contributed by atoms with Gasteiger partial charge < -0.3 is 4.90 Å². The van der Waals surface area contributed by atoms with Crippen LogP contribution in [0.3, 0.4) is 0 Å². The number of benzene rings is 1. The van der Waals surface area contributed by atoms with Crippen LogP contribution in [0.2, 0.25) is 0 Å². The standard InChI is InChI=1S/C16H13F4NOS/c1-2-11-8-4-6-23-12(8)3-5-21(11)16(22)9-7-10(17)14(19)15(20)13(9)18/h4,6-7,11H,2-3,5H2,1H3. The van der Waals surface area contributed by atoms with Crippen molar-refractivity contribution in [1.82, 2.24) is 4.90 Å².